The average molecular weight is 239 g/mol. The second kappa shape index (κ2) is 5.17. The molecule has 1 aromatic rings. The molecule has 2 nitrogen and oxygen atoms in total. The van der Waals surface area contributed by atoms with Crippen LogP contribution in [0.5, 0.6) is 0 Å². The first-order chi connectivity index (χ1) is 7.70. The molecule has 0 radical (unpaired) electrons. The maximum Gasteiger partial charge on any atom is 0.0456 e. The van der Waals surface area contributed by atoms with Gasteiger partial charge in [0.2, 0.25) is 0 Å². The van der Waals surface area contributed by atoms with Crippen molar-refractivity contribution in [2.45, 2.75) is 19.9 Å². The van der Waals surface area contributed by atoms with Crippen LogP contribution in [0, 0.1) is 6.92 Å². The predicted molar refractivity (Wildman–Crippen MR) is 69.0 cm³/mol. The second-order valence-electron chi connectivity index (χ2n) is 4.43. The van der Waals surface area contributed by atoms with Gasteiger partial charge in [-0.3, -0.25) is 4.90 Å². The first kappa shape index (κ1) is 11.9. The summed E-state index contributed by atoms with van der Waals surface area (Å²) in [6.07, 6.45) is 0. The molecule has 1 aromatic carbocycles. The molecule has 0 bridgehead atoms. The second-order valence-corrected chi connectivity index (χ2v) is 4.84. The van der Waals surface area contributed by atoms with E-state index in [-0.39, 0.29) is 0 Å². The van der Waals surface area contributed by atoms with Crippen molar-refractivity contribution in [2.75, 3.05) is 26.2 Å². The molecule has 0 saturated carbocycles. The van der Waals surface area contributed by atoms with Crippen LogP contribution < -0.4 is 5.32 Å². The standard InChI is InChI=1S/C13H19ClN2/c1-10-4-3-5-12(14)13(10)11(2)16-8-6-15-7-9-16/h3-5,11,15H,6-9H2,1-2H3/t11-/m0/s1. The summed E-state index contributed by atoms with van der Waals surface area (Å²) < 4.78 is 0. The SMILES string of the molecule is Cc1cccc(Cl)c1[C@H](C)N1CCNCC1. The number of nitrogens with one attached hydrogen (secondary N) is 1. The van der Waals surface area contributed by atoms with Gasteiger partial charge in [0.15, 0.2) is 0 Å². The van der Waals surface area contributed by atoms with Crippen LogP contribution in [0.3, 0.4) is 0 Å². The van der Waals surface area contributed by atoms with E-state index in [0.717, 1.165) is 31.2 Å². The maximum atomic E-state index is 6.30. The molecule has 0 aromatic heterocycles. The van der Waals surface area contributed by atoms with Gasteiger partial charge in [0, 0.05) is 37.2 Å². The highest BCUT2D eigenvalue weighted by molar-refractivity contribution is 6.31. The Morgan fingerprint density at radius 1 is 1.31 bits per heavy atom. The number of hydrogen-bond donors (Lipinski definition) is 1. The maximum absolute atomic E-state index is 6.30. The van der Waals surface area contributed by atoms with E-state index in [1.54, 1.807) is 0 Å². The number of nitrogens with zero attached hydrogens (tertiary/aromatic N) is 1. The monoisotopic (exact) mass is 238 g/mol. The molecule has 1 aliphatic heterocycles. The zero-order valence-corrected chi connectivity index (χ0v) is 10.7. The summed E-state index contributed by atoms with van der Waals surface area (Å²) in [5.41, 5.74) is 2.57. The molecule has 3 heteroatoms. The highest BCUT2D eigenvalue weighted by Crippen LogP contribution is 2.30. The molecular weight excluding hydrogens is 220 g/mol. The molecule has 1 atom stereocenters. The van der Waals surface area contributed by atoms with Gasteiger partial charge in [-0.15, -0.1) is 0 Å². The summed E-state index contributed by atoms with van der Waals surface area (Å²) in [7, 11) is 0. The Labute approximate surface area is 103 Å². The first-order valence-corrected chi connectivity index (χ1v) is 6.27. The summed E-state index contributed by atoms with van der Waals surface area (Å²) in [6.45, 7) is 8.75. The lowest BCUT2D eigenvalue weighted by molar-refractivity contribution is 0.185. The van der Waals surface area contributed by atoms with Crippen molar-refractivity contribution >= 4 is 11.6 Å². The van der Waals surface area contributed by atoms with E-state index in [1.807, 2.05) is 12.1 Å². The van der Waals surface area contributed by atoms with Crippen molar-refractivity contribution in [3.05, 3.63) is 34.3 Å². The molecule has 0 spiro atoms. The van der Waals surface area contributed by atoms with Gasteiger partial charge in [0.25, 0.3) is 0 Å². The van der Waals surface area contributed by atoms with Gasteiger partial charge in [-0.2, -0.15) is 0 Å². The summed E-state index contributed by atoms with van der Waals surface area (Å²) in [5, 5.41) is 4.27. The van der Waals surface area contributed by atoms with Crippen molar-refractivity contribution in [2.24, 2.45) is 0 Å². The third-order valence-electron chi connectivity index (χ3n) is 3.39. The third kappa shape index (κ3) is 2.40. The molecular formula is C13H19ClN2. The van der Waals surface area contributed by atoms with Gasteiger partial charge >= 0.3 is 0 Å². The number of rotatable bonds is 2. The number of halogens is 1. The summed E-state index contributed by atoms with van der Waals surface area (Å²) in [6, 6.07) is 6.56. The fourth-order valence-electron chi connectivity index (χ4n) is 2.43. The molecule has 1 N–H and O–H groups in total. The first-order valence-electron chi connectivity index (χ1n) is 5.90. The van der Waals surface area contributed by atoms with Crippen molar-refractivity contribution in [1.29, 1.82) is 0 Å². The van der Waals surface area contributed by atoms with Gasteiger partial charge in [-0.1, -0.05) is 23.7 Å². The molecule has 0 aliphatic carbocycles. The molecule has 0 unspecified atom stereocenters. The van der Waals surface area contributed by atoms with E-state index in [0.29, 0.717) is 6.04 Å². The van der Waals surface area contributed by atoms with Gasteiger partial charge in [-0.25, -0.2) is 0 Å². The molecule has 2 rings (SSSR count). The average Bonchev–Trinajstić information content (AvgIpc) is 2.30. The van der Waals surface area contributed by atoms with Gasteiger partial charge in [0.05, 0.1) is 0 Å². The molecule has 16 heavy (non-hydrogen) atoms. The van der Waals surface area contributed by atoms with Gasteiger partial charge in [0.1, 0.15) is 0 Å². The van der Waals surface area contributed by atoms with E-state index >= 15 is 0 Å². The Morgan fingerprint density at radius 3 is 2.62 bits per heavy atom. The summed E-state index contributed by atoms with van der Waals surface area (Å²) in [5.74, 6) is 0. The quantitative estimate of drug-likeness (QED) is 0.852. The Balaban J connectivity index is 2.22. The van der Waals surface area contributed by atoms with E-state index in [4.69, 9.17) is 11.6 Å². The largest absolute Gasteiger partial charge is 0.314 e. The lowest BCUT2D eigenvalue weighted by Gasteiger charge is -2.34. The van der Waals surface area contributed by atoms with Crippen molar-refractivity contribution in [3.8, 4) is 0 Å². The molecule has 88 valence electrons. The Morgan fingerprint density at radius 2 is 2.00 bits per heavy atom. The van der Waals surface area contributed by atoms with E-state index in [2.05, 4.69) is 30.1 Å². The topological polar surface area (TPSA) is 15.3 Å². The summed E-state index contributed by atoms with van der Waals surface area (Å²) >= 11 is 6.30. The minimum Gasteiger partial charge on any atom is -0.314 e. The van der Waals surface area contributed by atoms with Crippen LogP contribution in [-0.4, -0.2) is 31.1 Å². The molecule has 1 saturated heterocycles. The zero-order valence-electron chi connectivity index (χ0n) is 9.96. The Hall–Kier alpha value is -0.570. The van der Waals surface area contributed by atoms with E-state index < -0.39 is 0 Å². The number of hydrogen-bond acceptors (Lipinski definition) is 2. The smallest absolute Gasteiger partial charge is 0.0456 e. The van der Waals surface area contributed by atoms with E-state index in [9.17, 15) is 0 Å². The third-order valence-corrected chi connectivity index (χ3v) is 3.72. The van der Waals surface area contributed by atoms with Crippen LogP contribution >= 0.6 is 11.6 Å². The van der Waals surface area contributed by atoms with Crippen molar-refractivity contribution in [3.63, 3.8) is 0 Å². The van der Waals surface area contributed by atoms with Crippen molar-refractivity contribution < 1.29 is 0 Å². The van der Waals surface area contributed by atoms with Crippen LogP contribution in [0.25, 0.3) is 0 Å². The van der Waals surface area contributed by atoms with Crippen LogP contribution in [0.15, 0.2) is 18.2 Å². The number of aryl methyl sites for hydroxylation is 1. The van der Waals surface area contributed by atoms with Crippen LogP contribution in [-0.2, 0) is 0 Å². The highest BCUT2D eigenvalue weighted by Gasteiger charge is 2.20. The fourth-order valence-corrected chi connectivity index (χ4v) is 2.81. The normalized spacial score (nSPS) is 19.7. The van der Waals surface area contributed by atoms with Gasteiger partial charge < -0.3 is 5.32 Å². The highest BCUT2D eigenvalue weighted by atomic mass is 35.5. The minimum absolute atomic E-state index is 0.413. The Kier molecular flexibility index (Phi) is 3.85. The van der Waals surface area contributed by atoms with Crippen LogP contribution in [0.1, 0.15) is 24.1 Å². The predicted octanol–water partition coefficient (Wildman–Crippen LogP) is 2.61. The molecule has 1 fully saturated rings. The molecule has 1 aliphatic rings. The number of benzene rings is 1. The molecule has 1 heterocycles. The summed E-state index contributed by atoms with van der Waals surface area (Å²) in [4.78, 5) is 2.49. The van der Waals surface area contributed by atoms with Crippen molar-refractivity contribution in [1.82, 2.24) is 10.2 Å². The lowest BCUT2D eigenvalue weighted by Crippen LogP contribution is -2.44. The number of piperazine rings is 1. The molecule has 0 amide bonds. The zero-order chi connectivity index (χ0) is 11.5. The van der Waals surface area contributed by atoms with Crippen LogP contribution in [0.4, 0.5) is 0 Å². The van der Waals surface area contributed by atoms with E-state index in [1.165, 1.54) is 11.1 Å². The fraction of sp³-hybridized carbons (Fsp3) is 0.538. The minimum atomic E-state index is 0.413. The Bertz CT molecular complexity index is 339. The van der Waals surface area contributed by atoms with Crippen LogP contribution in [0.2, 0.25) is 5.02 Å². The van der Waals surface area contributed by atoms with Gasteiger partial charge in [-0.05, 0) is 31.0 Å². The lowest BCUT2D eigenvalue weighted by atomic mass is 10.0.